The van der Waals surface area contributed by atoms with Crippen LogP contribution in [0.3, 0.4) is 0 Å². The van der Waals surface area contributed by atoms with Crippen LogP contribution in [0.15, 0.2) is 233 Å². The van der Waals surface area contributed by atoms with E-state index in [1.807, 2.05) is 84.9 Å². The summed E-state index contributed by atoms with van der Waals surface area (Å²) in [4.78, 5) is 30.2. The number of aromatic nitrogens is 5. The molecule has 67 heavy (non-hydrogen) atoms. The molecular formula is C59H36N6OS. The van der Waals surface area contributed by atoms with Crippen molar-refractivity contribution in [3.8, 4) is 67.7 Å². The molecule has 314 valence electrons. The van der Waals surface area contributed by atoms with Gasteiger partial charge in [0.2, 0.25) is 5.95 Å². The fourth-order valence-electron chi connectivity index (χ4n) is 9.11. The van der Waals surface area contributed by atoms with Gasteiger partial charge in [-0.15, -0.1) is 0 Å². The monoisotopic (exact) mass is 876 g/mol. The summed E-state index contributed by atoms with van der Waals surface area (Å²) in [6.45, 7) is 0. The standard InChI is InChI=1S/C59H36N6OS/c1-4-15-37(16-5-1)38-27-29-39(30-28-38)55-44-21-10-11-23-47(44)60-59(61-55)65-48-24-12-13-26-52(48)67-53-36-43(31-33-49(53)65)42-32-34-50-46(35-42)54-45(22-14-25-51(54)66-50)58-63-56(40-17-6-2-7-18-40)62-57(64-58)41-19-8-3-9-20-41/h1-36H. The van der Waals surface area contributed by atoms with Gasteiger partial charge in [0.25, 0.3) is 0 Å². The van der Waals surface area contributed by atoms with Crippen molar-refractivity contribution in [1.29, 1.82) is 0 Å². The van der Waals surface area contributed by atoms with Gasteiger partial charge in [-0.25, -0.2) is 24.9 Å². The molecule has 8 heteroatoms. The summed E-state index contributed by atoms with van der Waals surface area (Å²) in [6.07, 6.45) is 0. The largest absolute Gasteiger partial charge is 0.456 e. The lowest BCUT2D eigenvalue weighted by Crippen LogP contribution is -2.18. The smallest absolute Gasteiger partial charge is 0.235 e. The molecule has 0 amide bonds. The molecule has 1 aliphatic heterocycles. The molecule has 0 N–H and O–H groups in total. The predicted octanol–water partition coefficient (Wildman–Crippen LogP) is 15.7. The molecule has 0 saturated heterocycles. The van der Waals surface area contributed by atoms with Gasteiger partial charge in [-0.05, 0) is 70.8 Å². The molecule has 3 aromatic heterocycles. The highest BCUT2D eigenvalue weighted by molar-refractivity contribution is 7.99. The number of fused-ring (bicyclic) bond motifs is 6. The first kappa shape index (κ1) is 38.7. The van der Waals surface area contributed by atoms with Gasteiger partial charge in [0, 0.05) is 48.2 Å². The second-order valence-corrected chi connectivity index (χ2v) is 17.5. The van der Waals surface area contributed by atoms with Crippen LogP contribution in [0.1, 0.15) is 0 Å². The Bertz CT molecular complexity index is 3780. The van der Waals surface area contributed by atoms with Gasteiger partial charge >= 0.3 is 0 Å². The number of hydrogen-bond acceptors (Lipinski definition) is 8. The second-order valence-electron chi connectivity index (χ2n) is 16.5. The van der Waals surface area contributed by atoms with Gasteiger partial charge in [-0.1, -0.05) is 182 Å². The zero-order valence-electron chi connectivity index (χ0n) is 35.8. The fourth-order valence-corrected chi connectivity index (χ4v) is 10.2. The Morgan fingerprint density at radius 1 is 0.358 bits per heavy atom. The highest BCUT2D eigenvalue weighted by atomic mass is 32.2. The Morgan fingerprint density at radius 2 is 0.940 bits per heavy atom. The first-order valence-electron chi connectivity index (χ1n) is 22.2. The van der Waals surface area contributed by atoms with E-state index in [1.54, 1.807) is 11.8 Å². The summed E-state index contributed by atoms with van der Waals surface area (Å²) in [5.41, 5.74) is 13.6. The number of hydrogen-bond donors (Lipinski definition) is 0. The fraction of sp³-hybridized carbons (Fsp3) is 0. The SMILES string of the molecule is c1ccc(-c2ccc(-c3nc(N4c5ccccc5Sc5cc(-c6ccc7oc8cccc(-c9nc(-c%10ccccc%10)nc(-c%10ccccc%10)n9)c8c7c6)ccc54)nc4ccccc34)cc2)cc1. The second kappa shape index (κ2) is 16.1. The van der Waals surface area contributed by atoms with Crippen molar-refractivity contribution in [3.63, 3.8) is 0 Å². The summed E-state index contributed by atoms with van der Waals surface area (Å²) in [6, 6.07) is 75.2. The summed E-state index contributed by atoms with van der Waals surface area (Å²) in [5.74, 6) is 2.42. The summed E-state index contributed by atoms with van der Waals surface area (Å²) >= 11 is 1.76. The minimum atomic E-state index is 0.582. The Kier molecular flexibility index (Phi) is 9.28. The molecule has 13 rings (SSSR count). The number of rotatable bonds is 7. The van der Waals surface area contributed by atoms with Crippen LogP contribution < -0.4 is 4.90 Å². The van der Waals surface area contributed by atoms with Crippen LogP contribution in [-0.2, 0) is 0 Å². The lowest BCUT2D eigenvalue weighted by Gasteiger charge is -2.31. The molecule has 7 nitrogen and oxygen atoms in total. The van der Waals surface area contributed by atoms with Crippen molar-refractivity contribution in [2.24, 2.45) is 0 Å². The zero-order valence-corrected chi connectivity index (χ0v) is 36.6. The van der Waals surface area contributed by atoms with Crippen LogP contribution in [0, 0.1) is 0 Å². The number of furan rings is 1. The van der Waals surface area contributed by atoms with E-state index < -0.39 is 0 Å². The summed E-state index contributed by atoms with van der Waals surface area (Å²) < 4.78 is 6.53. The van der Waals surface area contributed by atoms with Crippen molar-refractivity contribution in [2.45, 2.75) is 9.79 Å². The van der Waals surface area contributed by atoms with E-state index in [0.29, 0.717) is 23.4 Å². The average molecular weight is 877 g/mol. The molecule has 0 saturated carbocycles. The number of anilines is 3. The third-order valence-corrected chi connectivity index (χ3v) is 13.5. The van der Waals surface area contributed by atoms with Gasteiger partial charge in [0.1, 0.15) is 11.2 Å². The molecule has 0 unspecified atom stereocenters. The maximum Gasteiger partial charge on any atom is 0.235 e. The van der Waals surface area contributed by atoms with Crippen LogP contribution in [0.5, 0.6) is 0 Å². The van der Waals surface area contributed by atoms with Crippen molar-refractivity contribution < 1.29 is 4.42 Å². The molecule has 4 heterocycles. The minimum absolute atomic E-state index is 0.582. The van der Waals surface area contributed by atoms with Crippen LogP contribution >= 0.6 is 11.8 Å². The molecular weight excluding hydrogens is 841 g/mol. The van der Waals surface area contributed by atoms with Crippen molar-refractivity contribution in [1.82, 2.24) is 24.9 Å². The highest BCUT2D eigenvalue weighted by Crippen LogP contribution is 2.52. The normalized spacial score (nSPS) is 12.1. The molecule has 1 aliphatic rings. The van der Waals surface area contributed by atoms with E-state index in [-0.39, 0.29) is 0 Å². The zero-order chi connectivity index (χ0) is 44.3. The van der Waals surface area contributed by atoms with E-state index >= 15 is 0 Å². The van der Waals surface area contributed by atoms with E-state index in [2.05, 4.69) is 138 Å². The summed E-state index contributed by atoms with van der Waals surface area (Å²) in [7, 11) is 0. The maximum atomic E-state index is 6.53. The van der Waals surface area contributed by atoms with Crippen molar-refractivity contribution in [2.75, 3.05) is 4.90 Å². The number of benzene rings is 9. The molecule has 12 aromatic rings. The molecule has 0 radical (unpaired) electrons. The third kappa shape index (κ3) is 6.90. The minimum Gasteiger partial charge on any atom is -0.456 e. The Labute approximate surface area is 390 Å². The highest BCUT2D eigenvalue weighted by Gasteiger charge is 2.28. The molecule has 0 fully saturated rings. The third-order valence-electron chi connectivity index (χ3n) is 12.4. The van der Waals surface area contributed by atoms with Gasteiger partial charge in [0.15, 0.2) is 17.5 Å². The van der Waals surface area contributed by atoms with E-state index in [1.165, 1.54) is 5.56 Å². The molecule has 0 spiro atoms. The molecule has 9 aromatic carbocycles. The van der Waals surface area contributed by atoms with E-state index in [0.717, 1.165) is 98.6 Å². The van der Waals surface area contributed by atoms with Gasteiger partial charge in [-0.2, -0.15) is 0 Å². The first-order chi connectivity index (χ1) is 33.2. The van der Waals surface area contributed by atoms with Crippen LogP contribution in [-0.4, -0.2) is 24.9 Å². The topological polar surface area (TPSA) is 80.8 Å². The quantitative estimate of drug-likeness (QED) is 0.157. The maximum absolute atomic E-state index is 6.53. The number of para-hydroxylation sites is 2. The van der Waals surface area contributed by atoms with Crippen molar-refractivity contribution >= 4 is 61.9 Å². The van der Waals surface area contributed by atoms with Gasteiger partial charge in [0.05, 0.1) is 22.6 Å². The Hall–Kier alpha value is -8.72. The Balaban J connectivity index is 0.921. The van der Waals surface area contributed by atoms with Crippen molar-refractivity contribution in [3.05, 3.63) is 218 Å². The van der Waals surface area contributed by atoms with Gasteiger partial charge < -0.3 is 4.42 Å². The lowest BCUT2D eigenvalue weighted by atomic mass is 10.00. The van der Waals surface area contributed by atoms with Crippen LogP contribution in [0.25, 0.3) is 101 Å². The molecule has 0 aliphatic carbocycles. The van der Waals surface area contributed by atoms with Crippen LogP contribution in [0.2, 0.25) is 0 Å². The lowest BCUT2D eigenvalue weighted by molar-refractivity contribution is 0.669. The molecule has 0 atom stereocenters. The first-order valence-corrected chi connectivity index (χ1v) is 23.0. The van der Waals surface area contributed by atoms with Gasteiger partial charge in [-0.3, -0.25) is 4.90 Å². The van der Waals surface area contributed by atoms with E-state index in [9.17, 15) is 0 Å². The predicted molar refractivity (Wildman–Crippen MR) is 272 cm³/mol. The van der Waals surface area contributed by atoms with Crippen LogP contribution in [0.4, 0.5) is 17.3 Å². The molecule has 0 bridgehead atoms. The summed E-state index contributed by atoms with van der Waals surface area (Å²) in [5, 5.41) is 2.94. The van der Waals surface area contributed by atoms with E-state index in [4.69, 9.17) is 29.3 Å². The Morgan fingerprint density at radius 3 is 1.70 bits per heavy atom. The number of nitrogens with zero attached hydrogens (tertiary/aromatic N) is 6. The average Bonchev–Trinajstić information content (AvgIpc) is 3.79.